The number of nitrogens with two attached hydrogens (primary N) is 2. The second-order valence-electron chi connectivity index (χ2n) is 6.32. The van der Waals surface area contributed by atoms with Crippen LogP contribution in [0.5, 0.6) is 11.5 Å². The van der Waals surface area contributed by atoms with E-state index in [1.54, 1.807) is 24.3 Å². The van der Waals surface area contributed by atoms with Gasteiger partial charge in [-0.15, -0.1) is 4.47 Å². The molecule has 6 N–H and O–H groups in total. The molecule has 0 saturated carbocycles. The van der Waals surface area contributed by atoms with Gasteiger partial charge in [0.25, 0.3) is 21.9 Å². The number of amides is 1. The van der Waals surface area contributed by atoms with Crippen molar-refractivity contribution in [1.82, 2.24) is 9.79 Å². The molecule has 0 spiro atoms. The van der Waals surface area contributed by atoms with Gasteiger partial charge in [-0.2, -0.15) is 8.42 Å². The van der Waals surface area contributed by atoms with Gasteiger partial charge in [-0.05, 0) is 55.8 Å². The van der Waals surface area contributed by atoms with Gasteiger partial charge in [-0.1, -0.05) is 18.2 Å². The molecule has 0 radical (unpaired) electrons. The molecule has 2 rings (SSSR count). The van der Waals surface area contributed by atoms with Gasteiger partial charge in [0.15, 0.2) is 5.03 Å². The fourth-order valence-corrected chi connectivity index (χ4v) is 3.57. The molecule has 0 aromatic heterocycles. The Balaban J connectivity index is 2.19. The van der Waals surface area contributed by atoms with E-state index in [0.717, 1.165) is 12.1 Å². The van der Waals surface area contributed by atoms with E-state index in [1.165, 1.54) is 12.1 Å². The molecule has 14 heteroatoms. The number of hydrogen-bond donors (Lipinski definition) is 4. The van der Waals surface area contributed by atoms with E-state index in [-0.39, 0.29) is 19.4 Å². The highest BCUT2D eigenvalue weighted by atomic mass is 32.2. The summed E-state index contributed by atoms with van der Waals surface area (Å²) in [4.78, 5) is 22.6. The summed E-state index contributed by atoms with van der Waals surface area (Å²) in [7, 11) is -4.66. The molecule has 1 amide bonds. The lowest BCUT2D eigenvalue weighted by atomic mass is 10.1. The van der Waals surface area contributed by atoms with Crippen LogP contribution in [0.3, 0.4) is 0 Å². The predicted molar refractivity (Wildman–Crippen MR) is 113 cm³/mol. The van der Waals surface area contributed by atoms with Gasteiger partial charge >= 0.3 is 0 Å². The van der Waals surface area contributed by atoms with Crippen LogP contribution in [0, 0.1) is 10.1 Å². The number of ether oxygens (including phenoxy) is 1. The summed E-state index contributed by atoms with van der Waals surface area (Å²) >= 11 is 0. The molecule has 0 saturated heterocycles. The highest BCUT2D eigenvalue weighted by Gasteiger charge is 2.33. The Hall–Kier alpha value is -3.75. The fourth-order valence-electron chi connectivity index (χ4n) is 2.53. The first-order valence-corrected chi connectivity index (χ1v) is 10.6. The van der Waals surface area contributed by atoms with Crippen LogP contribution in [0.2, 0.25) is 0 Å². The molecule has 0 aliphatic rings. The Labute approximate surface area is 183 Å². The zero-order valence-electron chi connectivity index (χ0n) is 16.7. The first kappa shape index (κ1) is 24.5. The maximum Gasteiger partial charge on any atom is 0.289 e. The third kappa shape index (κ3) is 6.63. The molecular formula is C18H22N6O7S. The Kier molecular flexibility index (Phi) is 8.46. The highest BCUT2D eigenvalue weighted by molar-refractivity contribution is 7.89. The molecule has 0 aliphatic heterocycles. The average molecular weight is 466 g/mol. The molecule has 2 aromatic rings. The smallest absolute Gasteiger partial charge is 0.289 e. The summed E-state index contributed by atoms with van der Waals surface area (Å²) in [5.74, 6) is -1.19. The quantitative estimate of drug-likeness (QED) is 0.126. The number of nitrogens with zero attached hydrogens (tertiary/aromatic N) is 3. The largest absolute Gasteiger partial charge is 0.457 e. The van der Waals surface area contributed by atoms with Crippen LogP contribution < -0.4 is 21.5 Å². The van der Waals surface area contributed by atoms with Crippen molar-refractivity contribution in [3.05, 3.63) is 64.7 Å². The van der Waals surface area contributed by atoms with Crippen LogP contribution in [-0.4, -0.2) is 47.6 Å². The first-order chi connectivity index (χ1) is 15.1. The molecule has 32 heavy (non-hydrogen) atoms. The molecule has 0 heterocycles. The van der Waals surface area contributed by atoms with Crippen molar-refractivity contribution in [3.63, 3.8) is 0 Å². The lowest BCUT2D eigenvalue weighted by Crippen LogP contribution is -2.51. The fraction of sp³-hybridized carbons (Fsp3) is 0.222. The van der Waals surface area contributed by atoms with Crippen molar-refractivity contribution in [1.29, 1.82) is 0 Å². The van der Waals surface area contributed by atoms with Gasteiger partial charge in [0.1, 0.15) is 22.6 Å². The van der Waals surface area contributed by atoms with E-state index in [9.17, 15) is 28.5 Å². The van der Waals surface area contributed by atoms with E-state index >= 15 is 0 Å². The van der Waals surface area contributed by atoms with Crippen molar-refractivity contribution in [3.8, 4) is 11.5 Å². The van der Waals surface area contributed by atoms with Crippen molar-refractivity contribution < 1.29 is 28.2 Å². The zero-order chi connectivity index (χ0) is 23.7. The second kappa shape index (κ2) is 11.0. The Morgan fingerprint density at radius 1 is 1.19 bits per heavy atom. The van der Waals surface area contributed by atoms with E-state index in [4.69, 9.17) is 16.2 Å². The van der Waals surface area contributed by atoms with Crippen LogP contribution in [0.4, 0.5) is 0 Å². The third-order valence-corrected chi connectivity index (χ3v) is 5.53. The number of benzene rings is 2. The number of nitro groups is 1. The first-order valence-electron chi connectivity index (χ1n) is 9.21. The molecule has 2 aromatic carbocycles. The number of rotatable bonds is 10. The van der Waals surface area contributed by atoms with Gasteiger partial charge < -0.3 is 21.5 Å². The number of hydrazone groups is 1. The molecule has 0 fully saturated rings. The third-order valence-electron chi connectivity index (χ3n) is 4.02. The summed E-state index contributed by atoms with van der Waals surface area (Å²) in [5.41, 5.74) is 10.7. The molecule has 0 bridgehead atoms. The Morgan fingerprint density at radius 3 is 2.34 bits per heavy atom. The van der Waals surface area contributed by atoms with E-state index in [0.29, 0.717) is 11.5 Å². The number of carbonyl (C=O) groups is 1. The van der Waals surface area contributed by atoms with Gasteiger partial charge in [0.05, 0.1) is 4.90 Å². The Bertz CT molecular complexity index is 1060. The van der Waals surface area contributed by atoms with E-state index < -0.39 is 42.3 Å². The van der Waals surface area contributed by atoms with Crippen molar-refractivity contribution in [2.45, 2.75) is 23.8 Å². The number of sulfonamides is 1. The number of para-hydroxylation sites is 1. The minimum absolute atomic E-state index is 0.0697. The van der Waals surface area contributed by atoms with Crippen LogP contribution >= 0.6 is 0 Å². The topological polar surface area (TPSA) is 203 Å². The minimum Gasteiger partial charge on any atom is -0.457 e. The van der Waals surface area contributed by atoms with E-state index in [2.05, 4.69) is 10.4 Å². The maximum absolute atomic E-state index is 12.7. The monoisotopic (exact) mass is 466 g/mol. The summed E-state index contributed by atoms with van der Waals surface area (Å²) in [5, 5.41) is 24.5. The van der Waals surface area contributed by atoms with Gasteiger partial charge in [-0.25, -0.2) is 10.1 Å². The number of carbonyl (C=O) groups excluding carboxylic acids is 1. The lowest BCUT2D eigenvalue weighted by molar-refractivity contribution is -0.485. The second-order valence-corrected chi connectivity index (χ2v) is 8.09. The van der Waals surface area contributed by atoms with Gasteiger partial charge in [0, 0.05) is 0 Å². The normalized spacial score (nSPS) is 12.6. The summed E-state index contributed by atoms with van der Waals surface area (Å²) in [6.45, 7) is 0.138. The summed E-state index contributed by atoms with van der Waals surface area (Å²) < 4.78 is 30.5. The number of nitrogens with one attached hydrogen (secondary N) is 1. The van der Waals surface area contributed by atoms with E-state index in [1.807, 2.05) is 6.07 Å². The maximum atomic E-state index is 12.7. The molecular weight excluding hydrogens is 444 g/mol. The van der Waals surface area contributed by atoms with Crippen molar-refractivity contribution in [2.24, 2.45) is 16.6 Å². The Morgan fingerprint density at radius 2 is 1.78 bits per heavy atom. The summed E-state index contributed by atoms with van der Waals surface area (Å²) in [6, 6.07) is 12.3. The average Bonchev–Trinajstić information content (AvgIpc) is 2.76. The minimum atomic E-state index is -4.66. The van der Waals surface area contributed by atoms with Crippen LogP contribution in [-0.2, 0) is 14.8 Å². The standard InChI is InChI=1S/C18H22N6O7S/c19-12-4-7-16(21-18(20)22-24(27)28)17(25)23(26)32(29,30)15-10-8-14(9-11-15)31-13-5-2-1-3-6-13/h1-3,5-6,8-11,16,26H,4,7,12,19H2,(H3,20,21,22)/t16-/m1/s1. The predicted octanol–water partition coefficient (Wildman–Crippen LogP) is 0.589. The van der Waals surface area contributed by atoms with Gasteiger partial charge in [0.2, 0.25) is 0 Å². The summed E-state index contributed by atoms with van der Waals surface area (Å²) in [6.07, 6.45) is 0.161. The molecule has 0 aliphatic carbocycles. The SMILES string of the molecule is NCCC[C@@H](N/C(N)=N\[N+](=O)[O-])C(=O)N(O)S(=O)(=O)c1ccc(Oc2ccccc2)cc1. The molecule has 1 atom stereocenters. The number of hydrogen-bond acceptors (Lipinski definition) is 8. The molecule has 0 unspecified atom stereocenters. The highest BCUT2D eigenvalue weighted by Crippen LogP contribution is 2.24. The van der Waals surface area contributed by atoms with Crippen LogP contribution in [0.25, 0.3) is 0 Å². The number of guanidine groups is 1. The van der Waals surface area contributed by atoms with Gasteiger partial charge in [-0.3, -0.25) is 10.0 Å². The van der Waals surface area contributed by atoms with Crippen molar-refractivity contribution >= 4 is 21.9 Å². The zero-order valence-corrected chi connectivity index (χ0v) is 17.5. The lowest BCUT2D eigenvalue weighted by Gasteiger charge is -2.22. The van der Waals surface area contributed by atoms with Crippen LogP contribution in [0.1, 0.15) is 12.8 Å². The van der Waals surface area contributed by atoms with Crippen LogP contribution in [0.15, 0.2) is 64.6 Å². The number of hydroxylamine groups is 1. The molecule has 172 valence electrons. The van der Waals surface area contributed by atoms with Crippen molar-refractivity contribution in [2.75, 3.05) is 6.54 Å². The molecule has 13 nitrogen and oxygen atoms in total.